The topological polar surface area (TPSA) is 113 Å². The van der Waals surface area contributed by atoms with Gasteiger partial charge in [0, 0.05) is 12.0 Å². The van der Waals surface area contributed by atoms with E-state index in [1.807, 2.05) is 48.5 Å². The lowest BCUT2D eigenvalue weighted by molar-refractivity contribution is -0.152. The molecule has 3 N–H and O–H groups in total. The molecule has 0 aliphatic heterocycles. The second-order valence-corrected chi connectivity index (χ2v) is 7.53. The Balaban J connectivity index is 1.41. The Kier molecular flexibility index (Phi) is 4.96. The van der Waals surface area contributed by atoms with Gasteiger partial charge in [0.05, 0.1) is 11.8 Å². The predicted molar refractivity (Wildman–Crippen MR) is 103 cm³/mol. The third-order valence-corrected chi connectivity index (χ3v) is 5.86. The average Bonchev–Trinajstić information content (AvgIpc) is 3.26. The highest BCUT2D eigenvalue weighted by Crippen LogP contribution is 2.44. The van der Waals surface area contributed by atoms with Gasteiger partial charge in [-0.2, -0.15) is 0 Å². The maximum Gasteiger partial charge on any atom is 0.407 e. The van der Waals surface area contributed by atoms with Gasteiger partial charge in [-0.15, -0.1) is 0 Å². The highest BCUT2D eigenvalue weighted by Gasteiger charge is 2.43. The fourth-order valence-corrected chi connectivity index (χ4v) is 4.51. The Hall–Kier alpha value is -3.35. The Bertz CT molecular complexity index is 904. The van der Waals surface area contributed by atoms with Crippen molar-refractivity contribution < 1.29 is 29.3 Å². The number of benzene rings is 2. The van der Waals surface area contributed by atoms with Crippen LogP contribution in [-0.2, 0) is 14.3 Å². The molecule has 2 aromatic rings. The summed E-state index contributed by atoms with van der Waals surface area (Å²) in [7, 11) is 0. The van der Waals surface area contributed by atoms with Crippen LogP contribution in [-0.4, -0.2) is 40.9 Å². The number of alkyl carbamates (subject to hydrolysis) is 1. The summed E-state index contributed by atoms with van der Waals surface area (Å²) in [6, 6.07) is 15.5. The predicted octanol–water partition coefficient (Wildman–Crippen LogP) is 3.09. The van der Waals surface area contributed by atoms with Crippen LogP contribution in [0.25, 0.3) is 11.1 Å². The van der Waals surface area contributed by atoms with Gasteiger partial charge in [-0.3, -0.25) is 9.59 Å². The minimum Gasteiger partial charge on any atom is -0.481 e. The number of ether oxygens (including phenoxy) is 1. The largest absolute Gasteiger partial charge is 0.481 e. The average molecular weight is 395 g/mol. The van der Waals surface area contributed by atoms with Gasteiger partial charge in [0.2, 0.25) is 0 Å². The number of amides is 1. The molecule has 0 spiro atoms. The smallest absolute Gasteiger partial charge is 0.407 e. The molecule has 0 bridgehead atoms. The number of nitrogens with one attached hydrogen (secondary N) is 1. The van der Waals surface area contributed by atoms with Gasteiger partial charge in [-0.05, 0) is 35.1 Å². The normalized spacial score (nSPS) is 20.7. The molecule has 0 heterocycles. The highest BCUT2D eigenvalue weighted by atomic mass is 16.5. The summed E-state index contributed by atoms with van der Waals surface area (Å²) in [6.45, 7) is 0.150. The number of carboxylic acids is 2. The van der Waals surface area contributed by atoms with Crippen LogP contribution in [0.4, 0.5) is 4.79 Å². The van der Waals surface area contributed by atoms with Gasteiger partial charge in [0.25, 0.3) is 0 Å². The van der Waals surface area contributed by atoms with E-state index in [1.54, 1.807) is 0 Å². The molecule has 0 aromatic heterocycles. The SMILES string of the molecule is O=C(NC1C[C@@H](C(=O)O)[C@H](C(=O)O)C1)OCC1c2ccccc2-c2ccccc21. The third kappa shape index (κ3) is 3.55. The summed E-state index contributed by atoms with van der Waals surface area (Å²) in [5.74, 6) is -4.41. The number of carbonyl (C=O) groups excluding carboxylic acids is 1. The van der Waals surface area contributed by atoms with E-state index in [4.69, 9.17) is 4.74 Å². The minimum absolute atomic E-state index is 0.0738. The molecule has 1 amide bonds. The molecule has 7 heteroatoms. The van der Waals surface area contributed by atoms with E-state index in [9.17, 15) is 24.6 Å². The summed E-state index contributed by atoms with van der Waals surface area (Å²) in [4.78, 5) is 34.9. The number of hydrogen-bond acceptors (Lipinski definition) is 4. The van der Waals surface area contributed by atoms with Gasteiger partial charge in [0.1, 0.15) is 6.61 Å². The second-order valence-electron chi connectivity index (χ2n) is 7.53. The molecule has 1 fully saturated rings. The third-order valence-electron chi connectivity index (χ3n) is 5.86. The highest BCUT2D eigenvalue weighted by molar-refractivity contribution is 5.81. The maximum absolute atomic E-state index is 12.3. The number of fused-ring (bicyclic) bond motifs is 3. The lowest BCUT2D eigenvalue weighted by atomic mass is 9.97. The zero-order valence-electron chi connectivity index (χ0n) is 15.6. The Labute approximate surface area is 167 Å². The van der Waals surface area contributed by atoms with Crippen molar-refractivity contribution in [2.45, 2.75) is 24.8 Å². The Morgan fingerprint density at radius 1 is 0.862 bits per heavy atom. The quantitative estimate of drug-likeness (QED) is 0.717. The van der Waals surface area contributed by atoms with Gasteiger partial charge in [-0.25, -0.2) is 4.79 Å². The van der Waals surface area contributed by atoms with Gasteiger partial charge in [0.15, 0.2) is 0 Å². The molecule has 2 aromatic carbocycles. The van der Waals surface area contributed by atoms with Gasteiger partial charge < -0.3 is 20.3 Å². The first-order chi connectivity index (χ1) is 14.0. The summed E-state index contributed by atoms with van der Waals surface area (Å²) in [5.41, 5.74) is 4.45. The van der Waals surface area contributed by atoms with Crippen LogP contribution in [0.1, 0.15) is 29.9 Å². The first-order valence-corrected chi connectivity index (χ1v) is 9.53. The number of aliphatic carboxylic acids is 2. The number of carboxylic acid groups (broad SMARTS) is 2. The van der Waals surface area contributed by atoms with Crippen molar-refractivity contribution >= 4 is 18.0 Å². The van der Waals surface area contributed by atoms with Crippen LogP contribution in [0.3, 0.4) is 0 Å². The van der Waals surface area contributed by atoms with E-state index < -0.39 is 35.9 Å². The van der Waals surface area contributed by atoms with Crippen molar-refractivity contribution in [3.05, 3.63) is 59.7 Å². The van der Waals surface area contributed by atoms with Crippen molar-refractivity contribution in [1.82, 2.24) is 5.32 Å². The van der Waals surface area contributed by atoms with Crippen LogP contribution in [0.15, 0.2) is 48.5 Å². The zero-order chi connectivity index (χ0) is 20.5. The van der Waals surface area contributed by atoms with Crippen LogP contribution in [0.5, 0.6) is 0 Å². The van der Waals surface area contributed by atoms with Crippen LogP contribution >= 0.6 is 0 Å². The molecule has 150 valence electrons. The van der Waals surface area contributed by atoms with Crippen molar-refractivity contribution in [2.24, 2.45) is 11.8 Å². The lowest BCUT2D eigenvalue weighted by Crippen LogP contribution is -2.34. The summed E-state index contributed by atoms with van der Waals surface area (Å²) < 4.78 is 5.45. The maximum atomic E-state index is 12.3. The van der Waals surface area contributed by atoms with E-state index in [0.29, 0.717) is 0 Å². The van der Waals surface area contributed by atoms with Crippen molar-refractivity contribution in [3.8, 4) is 11.1 Å². The summed E-state index contributed by atoms with van der Waals surface area (Å²) in [5, 5.41) is 21.1. The van der Waals surface area contributed by atoms with E-state index in [1.165, 1.54) is 0 Å². The molecule has 1 saturated carbocycles. The monoisotopic (exact) mass is 395 g/mol. The molecule has 7 nitrogen and oxygen atoms in total. The first-order valence-electron chi connectivity index (χ1n) is 9.53. The van der Waals surface area contributed by atoms with Crippen molar-refractivity contribution in [1.29, 1.82) is 0 Å². The molecule has 0 saturated heterocycles. The lowest BCUT2D eigenvalue weighted by Gasteiger charge is -2.16. The molecule has 0 radical (unpaired) electrons. The molecule has 29 heavy (non-hydrogen) atoms. The number of rotatable bonds is 5. The van der Waals surface area contributed by atoms with Gasteiger partial charge >= 0.3 is 18.0 Å². The molecule has 2 aliphatic rings. The molecular formula is C22H21NO6. The summed E-state index contributed by atoms with van der Waals surface area (Å²) in [6.07, 6.45) is -0.500. The Morgan fingerprint density at radius 2 is 1.34 bits per heavy atom. The van der Waals surface area contributed by atoms with E-state index >= 15 is 0 Å². The van der Waals surface area contributed by atoms with E-state index in [2.05, 4.69) is 5.32 Å². The Morgan fingerprint density at radius 3 is 1.83 bits per heavy atom. The molecule has 2 aliphatic carbocycles. The van der Waals surface area contributed by atoms with E-state index in [-0.39, 0.29) is 25.4 Å². The van der Waals surface area contributed by atoms with E-state index in [0.717, 1.165) is 22.3 Å². The van der Waals surface area contributed by atoms with Crippen LogP contribution < -0.4 is 5.32 Å². The van der Waals surface area contributed by atoms with Gasteiger partial charge in [-0.1, -0.05) is 48.5 Å². The standard InChI is InChI=1S/C22H21NO6/c24-20(25)17-9-12(10-18(17)21(26)27)23-22(28)29-11-19-15-7-3-1-5-13(15)14-6-2-4-8-16(14)19/h1-8,12,17-19H,9-11H2,(H,23,28)(H,24,25)(H,26,27)/t17-,18-/m1/s1. The zero-order valence-corrected chi connectivity index (χ0v) is 15.6. The molecule has 0 unspecified atom stereocenters. The number of carbonyl (C=O) groups is 3. The first kappa shape index (κ1) is 19.0. The minimum atomic E-state index is -1.16. The van der Waals surface area contributed by atoms with Crippen molar-refractivity contribution in [2.75, 3.05) is 6.61 Å². The molecule has 4 rings (SSSR count). The second kappa shape index (κ2) is 7.58. The molecule has 2 atom stereocenters. The van der Waals surface area contributed by atoms with Crippen LogP contribution in [0, 0.1) is 11.8 Å². The van der Waals surface area contributed by atoms with Crippen LogP contribution in [0.2, 0.25) is 0 Å². The number of hydrogen-bond donors (Lipinski definition) is 3. The molecular weight excluding hydrogens is 374 g/mol. The van der Waals surface area contributed by atoms with Crippen molar-refractivity contribution in [3.63, 3.8) is 0 Å². The fourth-order valence-electron chi connectivity index (χ4n) is 4.51. The fraction of sp³-hybridized carbons (Fsp3) is 0.318. The summed E-state index contributed by atoms with van der Waals surface area (Å²) >= 11 is 0.